The SMILES string of the molecule is COc1cccc2c1-c1ccc3c(c1/C(=C\c1cc(Cl)cc(Cl)c1)O2)C(C)=CC(C)(C)N3. The standard InChI is InChI=1S/C27H23Cl2NO2/c1-15-14-27(2,3)30-20-9-8-19-25-21(31-4)6-5-7-22(25)32-23(26(19)24(15)20)12-16-10-17(28)13-18(29)11-16/h5-14,30H,1-4H3/b23-12+. The van der Waals surface area contributed by atoms with Gasteiger partial charge in [-0.1, -0.05) is 41.4 Å². The van der Waals surface area contributed by atoms with Crippen LogP contribution < -0.4 is 14.8 Å². The summed E-state index contributed by atoms with van der Waals surface area (Å²) < 4.78 is 12.2. The highest BCUT2D eigenvalue weighted by atomic mass is 35.5. The van der Waals surface area contributed by atoms with Gasteiger partial charge in [0.15, 0.2) is 0 Å². The van der Waals surface area contributed by atoms with Gasteiger partial charge in [-0.05, 0) is 74.4 Å². The van der Waals surface area contributed by atoms with E-state index >= 15 is 0 Å². The third-order valence-electron chi connectivity index (χ3n) is 5.76. The Hall–Kier alpha value is -2.88. The summed E-state index contributed by atoms with van der Waals surface area (Å²) in [6.07, 6.45) is 4.24. The van der Waals surface area contributed by atoms with E-state index in [1.165, 1.54) is 5.57 Å². The largest absolute Gasteiger partial charge is 0.496 e. The van der Waals surface area contributed by atoms with Gasteiger partial charge in [-0.3, -0.25) is 0 Å². The Morgan fingerprint density at radius 2 is 1.72 bits per heavy atom. The van der Waals surface area contributed by atoms with Crippen LogP contribution in [0.4, 0.5) is 5.69 Å². The summed E-state index contributed by atoms with van der Waals surface area (Å²) in [4.78, 5) is 0. The lowest BCUT2D eigenvalue weighted by atomic mass is 9.83. The first-order chi connectivity index (χ1) is 15.3. The van der Waals surface area contributed by atoms with Crippen molar-refractivity contribution in [3.05, 3.63) is 81.3 Å². The molecule has 5 rings (SSSR count). The lowest BCUT2D eigenvalue weighted by Gasteiger charge is -2.35. The van der Waals surface area contributed by atoms with Gasteiger partial charge in [-0.15, -0.1) is 0 Å². The monoisotopic (exact) mass is 463 g/mol. The summed E-state index contributed by atoms with van der Waals surface area (Å²) in [7, 11) is 1.68. The van der Waals surface area contributed by atoms with Crippen LogP contribution in [0.15, 0.2) is 54.6 Å². The number of ether oxygens (including phenoxy) is 2. The first-order valence-corrected chi connectivity index (χ1v) is 11.2. The van der Waals surface area contributed by atoms with Crippen molar-refractivity contribution >= 4 is 46.3 Å². The average molecular weight is 464 g/mol. The summed E-state index contributed by atoms with van der Waals surface area (Å²) in [5, 5.41) is 4.80. The third kappa shape index (κ3) is 3.56. The molecule has 162 valence electrons. The molecule has 32 heavy (non-hydrogen) atoms. The Morgan fingerprint density at radius 3 is 2.44 bits per heavy atom. The Balaban J connectivity index is 1.82. The van der Waals surface area contributed by atoms with E-state index in [4.69, 9.17) is 32.7 Å². The van der Waals surface area contributed by atoms with Crippen molar-refractivity contribution in [1.82, 2.24) is 0 Å². The first-order valence-electron chi connectivity index (χ1n) is 10.4. The van der Waals surface area contributed by atoms with Gasteiger partial charge in [0.1, 0.15) is 17.3 Å². The molecule has 0 aromatic heterocycles. The number of benzene rings is 3. The van der Waals surface area contributed by atoms with Crippen LogP contribution in [0.1, 0.15) is 37.5 Å². The molecule has 2 aliphatic heterocycles. The molecule has 0 amide bonds. The van der Waals surface area contributed by atoms with Crippen LogP contribution in [0.2, 0.25) is 10.0 Å². The topological polar surface area (TPSA) is 30.5 Å². The molecule has 3 aromatic carbocycles. The maximum absolute atomic E-state index is 6.49. The smallest absolute Gasteiger partial charge is 0.139 e. The van der Waals surface area contributed by atoms with E-state index in [0.717, 1.165) is 50.8 Å². The average Bonchev–Trinajstić information content (AvgIpc) is 2.71. The van der Waals surface area contributed by atoms with Gasteiger partial charge in [0.25, 0.3) is 0 Å². The highest BCUT2D eigenvalue weighted by Crippen LogP contribution is 2.52. The van der Waals surface area contributed by atoms with Crippen LogP contribution in [-0.2, 0) is 0 Å². The van der Waals surface area contributed by atoms with Crippen molar-refractivity contribution < 1.29 is 9.47 Å². The van der Waals surface area contributed by atoms with Gasteiger partial charge in [0, 0.05) is 32.4 Å². The maximum Gasteiger partial charge on any atom is 0.139 e. The lowest BCUT2D eigenvalue weighted by molar-refractivity contribution is 0.412. The Kier molecular flexibility index (Phi) is 4.99. The van der Waals surface area contributed by atoms with E-state index < -0.39 is 0 Å². The molecule has 0 bridgehead atoms. The molecule has 3 nitrogen and oxygen atoms in total. The van der Waals surface area contributed by atoms with Crippen molar-refractivity contribution in [2.75, 3.05) is 12.4 Å². The van der Waals surface area contributed by atoms with Crippen molar-refractivity contribution in [3.8, 4) is 22.6 Å². The Morgan fingerprint density at radius 1 is 0.969 bits per heavy atom. The molecule has 0 saturated heterocycles. The number of allylic oxidation sites excluding steroid dienone is 1. The maximum atomic E-state index is 6.49. The van der Waals surface area contributed by atoms with Crippen molar-refractivity contribution in [2.45, 2.75) is 26.3 Å². The minimum Gasteiger partial charge on any atom is -0.496 e. The third-order valence-corrected chi connectivity index (χ3v) is 6.20. The summed E-state index contributed by atoms with van der Waals surface area (Å²) in [6.45, 7) is 6.48. The van der Waals surface area contributed by atoms with E-state index in [1.54, 1.807) is 13.2 Å². The van der Waals surface area contributed by atoms with E-state index in [2.05, 4.69) is 44.3 Å². The molecule has 1 N–H and O–H groups in total. The summed E-state index contributed by atoms with van der Waals surface area (Å²) in [5.41, 5.74) is 7.16. The van der Waals surface area contributed by atoms with Crippen LogP contribution in [0.5, 0.6) is 11.5 Å². The second-order valence-electron chi connectivity index (χ2n) is 8.73. The predicted molar refractivity (Wildman–Crippen MR) is 135 cm³/mol. The molecule has 0 saturated carbocycles. The zero-order valence-electron chi connectivity index (χ0n) is 18.3. The second kappa shape index (κ2) is 7.61. The minimum atomic E-state index is -0.138. The van der Waals surface area contributed by atoms with Gasteiger partial charge in [0.2, 0.25) is 0 Å². The number of anilines is 1. The number of nitrogens with one attached hydrogen (secondary N) is 1. The quantitative estimate of drug-likeness (QED) is 0.415. The number of halogens is 2. The molecular weight excluding hydrogens is 441 g/mol. The Labute approximate surface area is 198 Å². The van der Waals surface area contributed by atoms with Crippen LogP contribution in [0, 0.1) is 0 Å². The molecule has 0 radical (unpaired) electrons. The number of rotatable bonds is 2. The molecule has 2 aliphatic rings. The zero-order chi connectivity index (χ0) is 22.6. The molecule has 5 heteroatoms. The molecule has 3 aromatic rings. The van der Waals surface area contributed by atoms with Crippen LogP contribution in [0.25, 0.3) is 28.5 Å². The number of hydrogen-bond acceptors (Lipinski definition) is 3. The zero-order valence-corrected chi connectivity index (χ0v) is 19.9. The summed E-state index contributed by atoms with van der Waals surface area (Å²) in [5.74, 6) is 2.27. The molecule has 0 fully saturated rings. The van der Waals surface area contributed by atoms with E-state index in [1.807, 2.05) is 36.4 Å². The number of methoxy groups -OCH3 is 1. The normalized spacial score (nSPS) is 16.8. The number of fused-ring (bicyclic) bond motifs is 5. The molecule has 0 atom stereocenters. The van der Waals surface area contributed by atoms with Crippen molar-refractivity contribution in [1.29, 1.82) is 0 Å². The number of hydrogen-bond donors (Lipinski definition) is 1. The molecule has 2 heterocycles. The molecule has 0 spiro atoms. The molecule has 0 unspecified atom stereocenters. The van der Waals surface area contributed by atoms with Gasteiger partial charge in [-0.2, -0.15) is 0 Å². The van der Waals surface area contributed by atoms with Gasteiger partial charge in [-0.25, -0.2) is 0 Å². The minimum absolute atomic E-state index is 0.138. The highest BCUT2D eigenvalue weighted by Gasteiger charge is 2.32. The van der Waals surface area contributed by atoms with Gasteiger partial charge in [0.05, 0.1) is 18.2 Å². The molecule has 0 aliphatic carbocycles. The fourth-order valence-corrected chi connectivity index (χ4v) is 5.23. The van der Waals surface area contributed by atoms with Gasteiger partial charge < -0.3 is 14.8 Å². The van der Waals surface area contributed by atoms with E-state index in [-0.39, 0.29) is 5.54 Å². The second-order valence-corrected chi connectivity index (χ2v) is 9.60. The summed E-state index contributed by atoms with van der Waals surface area (Å²) in [6, 6.07) is 15.6. The van der Waals surface area contributed by atoms with E-state index in [9.17, 15) is 0 Å². The van der Waals surface area contributed by atoms with Gasteiger partial charge >= 0.3 is 0 Å². The fraction of sp³-hybridized carbons (Fsp3) is 0.185. The first kappa shape index (κ1) is 21.0. The van der Waals surface area contributed by atoms with E-state index in [0.29, 0.717) is 10.0 Å². The molecular formula is C27H23Cl2NO2. The fourth-order valence-electron chi connectivity index (χ4n) is 4.69. The Bertz CT molecular complexity index is 1300. The van der Waals surface area contributed by atoms with Crippen molar-refractivity contribution in [2.24, 2.45) is 0 Å². The lowest BCUT2D eigenvalue weighted by Crippen LogP contribution is -2.32. The van der Waals surface area contributed by atoms with Crippen LogP contribution in [-0.4, -0.2) is 12.6 Å². The predicted octanol–water partition coefficient (Wildman–Crippen LogP) is 8.17. The van der Waals surface area contributed by atoms with Crippen molar-refractivity contribution in [3.63, 3.8) is 0 Å². The van der Waals surface area contributed by atoms with Crippen LogP contribution in [0.3, 0.4) is 0 Å². The highest BCUT2D eigenvalue weighted by molar-refractivity contribution is 6.34. The summed E-state index contributed by atoms with van der Waals surface area (Å²) >= 11 is 12.5. The van der Waals surface area contributed by atoms with Crippen LogP contribution >= 0.6 is 23.2 Å².